The topological polar surface area (TPSA) is 83.6 Å². The van der Waals surface area contributed by atoms with Gasteiger partial charge in [-0.2, -0.15) is 0 Å². The maximum absolute atomic E-state index is 12.5. The second kappa shape index (κ2) is 8.94. The van der Waals surface area contributed by atoms with Gasteiger partial charge < -0.3 is 20.3 Å². The Balaban J connectivity index is 1.38. The zero-order chi connectivity index (χ0) is 20.1. The van der Waals surface area contributed by atoms with Crippen LogP contribution in [-0.4, -0.2) is 29.6 Å². The van der Waals surface area contributed by atoms with Gasteiger partial charge in [-0.1, -0.05) is 18.2 Å². The molecule has 0 bridgehead atoms. The Morgan fingerprint density at radius 2 is 1.97 bits per heavy atom. The number of pyridine rings is 1. The summed E-state index contributed by atoms with van der Waals surface area (Å²) in [6.07, 6.45) is 7.78. The molecular weight excluding hydrogens is 368 g/mol. The monoisotopic (exact) mass is 394 g/mol. The molecule has 2 aromatic rings. The highest BCUT2D eigenvalue weighted by Gasteiger charge is 2.24. The Hall–Kier alpha value is -3.09. The van der Waals surface area contributed by atoms with Crippen LogP contribution in [0.5, 0.6) is 5.88 Å². The summed E-state index contributed by atoms with van der Waals surface area (Å²) in [5.41, 5.74) is 2.20. The fourth-order valence-corrected chi connectivity index (χ4v) is 3.89. The molecule has 0 unspecified atom stereocenters. The molecule has 7 nitrogen and oxygen atoms in total. The van der Waals surface area contributed by atoms with Gasteiger partial charge in [0.15, 0.2) is 0 Å². The highest BCUT2D eigenvalue weighted by Crippen LogP contribution is 2.29. The summed E-state index contributed by atoms with van der Waals surface area (Å²) < 4.78 is 6.03. The molecule has 4 rings (SSSR count). The summed E-state index contributed by atoms with van der Waals surface area (Å²) in [5, 5.41) is 5.73. The van der Waals surface area contributed by atoms with Crippen LogP contribution < -0.4 is 20.3 Å². The van der Waals surface area contributed by atoms with Crippen LogP contribution in [0.2, 0.25) is 0 Å². The molecule has 7 heteroatoms. The minimum Gasteiger partial charge on any atom is -0.474 e. The van der Waals surface area contributed by atoms with Gasteiger partial charge in [0.2, 0.25) is 11.8 Å². The molecule has 1 aliphatic heterocycles. The molecule has 29 heavy (non-hydrogen) atoms. The maximum Gasteiger partial charge on any atom is 0.319 e. The summed E-state index contributed by atoms with van der Waals surface area (Å²) in [7, 11) is 0. The van der Waals surface area contributed by atoms with Gasteiger partial charge in [0.1, 0.15) is 6.10 Å². The van der Waals surface area contributed by atoms with Gasteiger partial charge in [-0.05, 0) is 50.3 Å². The number of para-hydroxylation sites is 2. The zero-order valence-electron chi connectivity index (χ0n) is 16.4. The summed E-state index contributed by atoms with van der Waals surface area (Å²) in [5.74, 6) is 0.673. The van der Waals surface area contributed by atoms with Crippen LogP contribution in [0.15, 0.2) is 42.6 Å². The number of carbonyl (C=O) groups is 2. The van der Waals surface area contributed by atoms with Crippen molar-refractivity contribution in [1.82, 2.24) is 10.3 Å². The fraction of sp³-hybridized carbons (Fsp3) is 0.409. The Morgan fingerprint density at radius 1 is 1.14 bits per heavy atom. The van der Waals surface area contributed by atoms with Crippen LogP contribution in [0.25, 0.3) is 0 Å². The molecule has 2 N–H and O–H groups in total. The van der Waals surface area contributed by atoms with Crippen molar-refractivity contribution in [3.05, 3.63) is 48.2 Å². The Morgan fingerprint density at radius 3 is 2.76 bits per heavy atom. The van der Waals surface area contributed by atoms with Crippen LogP contribution >= 0.6 is 0 Å². The van der Waals surface area contributed by atoms with E-state index in [2.05, 4.69) is 15.6 Å². The van der Waals surface area contributed by atoms with Crippen molar-refractivity contribution in [3.8, 4) is 5.88 Å². The van der Waals surface area contributed by atoms with Gasteiger partial charge in [-0.3, -0.25) is 4.79 Å². The van der Waals surface area contributed by atoms with E-state index in [1.165, 1.54) is 12.8 Å². The second-order valence-electron chi connectivity index (χ2n) is 7.47. The third kappa shape index (κ3) is 4.67. The van der Waals surface area contributed by atoms with Crippen molar-refractivity contribution in [1.29, 1.82) is 0 Å². The van der Waals surface area contributed by atoms with E-state index >= 15 is 0 Å². The highest BCUT2D eigenvalue weighted by atomic mass is 16.5. The molecule has 0 atom stereocenters. The summed E-state index contributed by atoms with van der Waals surface area (Å²) in [4.78, 5) is 30.7. The van der Waals surface area contributed by atoms with Crippen LogP contribution in [0, 0.1) is 0 Å². The largest absolute Gasteiger partial charge is 0.474 e. The lowest BCUT2D eigenvalue weighted by Gasteiger charge is -2.20. The lowest BCUT2D eigenvalue weighted by atomic mass is 10.2. The maximum atomic E-state index is 12.5. The molecule has 2 aliphatic rings. The number of nitrogens with zero attached hydrogens (tertiary/aromatic N) is 2. The van der Waals surface area contributed by atoms with Crippen LogP contribution in [0.1, 0.15) is 44.1 Å². The third-order valence-corrected chi connectivity index (χ3v) is 5.39. The fourth-order valence-electron chi connectivity index (χ4n) is 3.89. The molecule has 2 heterocycles. The molecule has 1 saturated heterocycles. The van der Waals surface area contributed by atoms with E-state index in [0.717, 1.165) is 30.5 Å². The van der Waals surface area contributed by atoms with Crippen molar-refractivity contribution >= 4 is 23.3 Å². The Bertz CT molecular complexity index is 880. The average Bonchev–Trinajstić information content (AvgIpc) is 3.39. The first-order valence-electron chi connectivity index (χ1n) is 10.3. The normalized spacial score (nSPS) is 16.8. The first-order valence-corrected chi connectivity index (χ1v) is 10.3. The van der Waals surface area contributed by atoms with E-state index < -0.39 is 0 Å². The van der Waals surface area contributed by atoms with E-state index in [1.807, 2.05) is 30.3 Å². The van der Waals surface area contributed by atoms with E-state index in [1.54, 1.807) is 17.2 Å². The van der Waals surface area contributed by atoms with Crippen LogP contribution in [0.3, 0.4) is 0 Å². The number of anilines is 2. The molecule has 152 valence electrons. The minimum absolute atomic E-state index is 0.0868. The summed E-state index contributed by atoms with van der Waals surface area (Å²) in [6, 6.07) is 10.8. The SMILES string of the molecule is O=C(NCc1cccnc1OC1CCCC1)Nc1ccccc1N1CCCC1=O. The van der Waals surface area contributed by atoms with Crippen LogP contribution in [-0.2, 0) is 11.3 Å². The van der Waals surface area contributed by atoms with Crippen molar-refractivity contribution in [2.24, 2.45) is 0 Å². The molecule has 1 aliphatic carbocycles. The molecular formula is C22H26N4O3. The number of rotatable bonds is 6. The first-order chi connectivity index (χ1) is 14.2. The predicted molar refractivity (Wildman–Crippen MR) is 111 cm³/mol. The second-order valence-corrected chi connectivity index (χ2v) is 7.47. The number of benzene rings is 1. The van der Waals surface area contributed by atoms with E-state index in [-0.39, 0.29) is 18.0 Å². The number of ether oxygens (including phenoxy) is 1. The lowest BCUT2D eigenvalue weighted by Crippen LogP contribution is -2.30. The predicted octanol–water partition coefficient (Wildman–Crippen LogP) is 3.85. The van der Waals surface area contributed by atoms with Crippen molar-refractivity contribution in [3.63, 3.8) is 0 Å². The van der Waals surface area contributed by atoms with Crippen molar-refractivity contribution < 1.29 is 14.3 Å². The highest BCUT2D eigenvalue weighted by molar-refractivity contribution is 6.01. The van der Waals surface area contributed by atoms with E-state index in [4.69, 9.17) is 4.74 Å². The van der Waals surface area contributed by atoms with Crippen molar-refractivity contribution in [2.75, 3.05) is 16.8 Å². The first kappa shape index (κ1) is 19.2. The Kier molecular flexibility index (Phi) is 5.93. The van der Waals surface area contributed by atoms with Gasteiger partial charge >= 0.3 is 6.03 Å². The average molecular weight is 394 g/mol. The summed E-state index contributed by atoms with van der Waals surface area (Å²) >= 11 is 0. The van der Waals surface area contributed by atoms with Gasteiger partial charge in [0.25, 0.3) is 0 Å². The van der Waals surface area contributed by atoms with Crippen molar-refractivity contribution in [2.45, 2.75) is 51.2 Å². The number of carbonyl (C=O) groups excluding carboxylic acids is 2. The van der Waals surface area contributed by atoms with Gasteiger partial charge in [-0.15, -0.1) is 0 Å². The molecule has 1 aromatic carbocycles. The minimum atomic E-state index is -0.334. The molecule has 2 fully saturated rings. The zero-order valence-corrected chi connectivity index (χ0v) is 16.4. The van der Waals surface area contributed by atoms with Gasteiger partial charge in [-0.25, -0.2) is 9.78 Å². The van der Waals surface area contributed by atoms with Gasteiger partial charge in [0, 0.05) is 31.3 Å². The molecule has 0 spiro atoms. The lowest BCUT2D eigenvalue weighted by molar-refractivity contribution is -0.117. The number of hydrogen-bond donors (Lipinski definition) is 2. The smallest absolute Gasteiger partial charge is 0.319 e. The van der Waals surface area contributed by atoms with Crippen LogP contribution in [0.4, 0.5) is 16.2 Å². The summed E-state index contributed by atoms with van der Waals surface area (Å²) in [6.45, 7) is 0.989. The number of nitrogens with one attached hydrogen (secondary N) is 2. The van der Waals surface area contributed by atoms with Gasteiger partial charge in [0.05, 0.1) is 11.4 Å². The third-order valence-electron chi connectivity index (χ3n) is 5.39. The number of aromatic nitrogens is 1. The Labute approximate surface area is 170 Å². The van der Waals surface area contributed by atoms with E-state index in [9.17, 15) is 9.59 Å². The van der Waals surface area contributed by atoms with E-state index in [0.29, 0.717) is 31.1 Å². The number of amides is 3. The quantitative estimate of drug-likeness (QED) is 0.779. The molecule has 1 saturated carbocycles. The molecule has 3 amide bonds. The number of hydrogen-bond acceptors (Lipinski definition) is 4. The molecule has 0 radical (unpaired) electrons. The number of urea groups is 1. The molecule has 1 aromatic heterocycles. The standard InChI is InChI=1S/C22H26N4O3/c27-20-12-6-14-26(20)19-11-4-3-10-18(19)25-22(28)24-15-16-7-5-13-23-21(16)29-17-8-1-2-9-17/h3-5,7,10-11,13,17H,1-2,6,8-9,12,14-15H2,(H2,24,25,28).